The summed E-state index contributed by atoms with van der Waals surface area (Å²) in [5.41, 5.74) is 8.67. The molecule has 4 rings (SSSR count). The van der Waals surface area contributed by atoms with Gasteiger partial charge in [0.1, 0.15) is 23.4 Å². The second-order valence-corrected chi connectivity index (χ2v) is 6.67. The van der Waals surface area contributed by atoms with Crippen molar-refractivity contribution < 1.29 is 14.8 Å². The van der Waals surface area contributed by atoms with Gasteiger partial charge in [0.15, 0.2) is 5.82 Å². The van der Waals surface area contributed by atoms with Gasteiger partial charge in [0.05, 0.1) is 5.52 Å². The largest absolute Gasteiger partial charge is 0.488 e. The average Bonchev–Trinajstić information content (AvgIpc) is 3.17. The zero-order valence-corrected chi connectivity index (χ0v) is 16.0. The summed E-state index contributed by atoms with van der Waals surface area (Å²) in [6.07, 6.45) is 1.49. The third-order valence-electron chi connectivity index (χ3n) is 4.60. The Bertz CT molecular complexity index is 1240. The molecule has 0 radical (unpaired) electrons. The van der Waals surface area contributed by atoms with Crippen LogP contribution < -0.4 is 16.5 Å². The summed E-state index contributed by atoms with van der Waals surface area (Å²) in [5.74, 6) is 0.249. The van der Waals surface area contributed by atoms with Gasteiger partial charge in [-0.3, -0.25) is 9.20 Å². The van der Waals surface area contributed by atoms with Gasteiger partial charge in [0.2, 0.25) is 5.82 Å². The van der Waals surface area contributed by atoms with E-state index in [1.54, 1.807) is 47.7 Å². The van der Waals surface area contributed by atoms with Gasteiger partial charge in [-0.05, 0) is 30.1 Å². The standard InChI is InChI=1S/C19H18BN7O3/c1-11-18(22-9-12-4-2-5-13(8-12)20(29)30)24-19(26-25-11)16-14-6-3-7-15(17(21)28)27(14)10-23-16/h2-8,10,29-30H,9H2,1H3,(H2,21,28)(H,22,24,26). The zero-order valence-electron chi connectivity index (χ0n) is 16.0. The highest BCUT2D eigenvalue weighted by molar-refractivity contribution is 6.58. The van der Waals surface area contributed by atoms with E-state index in [0.29, 0.717) is 46.2 Å². The van der Waals surface area contributed by atoms with Crippen LogP contribution in [0.25, 0.3) is 17.0 Å². The number of nitrogens with two attached hydrogens (primary N) is 1. The first-order valence-electron chi connectivity index (χ1n) is 9.10. The first kappa shape index (κ1) is 19.5. The molecule has 0 aliphatic rings. The van der Waals surface area contributed by atoms with Crippen molar-refractivity contribution in [1.82, 2.24) is 24.6 Å². The first-order chi connectivity index (χ1) is 14.4. The number of pyridine rings is 1. The summed E-state index contributed by atoms with van der Waals surface area (Å²) in [5, 5.41) is 30.1. The smallest absolute Gasteiger partial charge is 0.423 e. The lowest BCUT2D eigenvalue weighted by molar-refractivity contribution is 0.0994. The van der Waals surface area contributed by atoms with Gasteiger partial charge in [0, 0.05) is 6.54 Å². The van der Waals surface area contributed by atoms with Crippen LogP contribution in [0.2, 0.25) is 0 Å². The number of carbonyl (C=O) groups excluding carboxylic acids is 1. The van der Waals surface area contributed by atoms with E-state index in [1.807, 2.05) is 6.07 Å². The van der Waals surface area contributed by atoms with Crippen LogP contribution in [0.15, 0.2) is 48.8 Å². The molecule has 0 saturated heterocycles. The van der Waals surface area contributed by atoms with Crippen LogP contribution in [-0.4, -0.2) is 47.6 Å². The van der Waals surface area contributed by atoms with Crippen molar-refractivity contribution in [3.05, 3.63) is 65.7 Å². The van der Waals surface area contributed by atoms with Gasteiger partial charge in [-0.15, -0.1) is 10.2 Å². The van der Waals surface area contributed by atoms with Crippen molar-refractivity contribution in [2.75, 3.05) is 5.32 Å². The van der Waals surface area contributed by atoms with Crippen molar-refractivity contribution >= 4 is 29.8 Å². The molecular weight excluding hydrogens is 385 g/mol. The quantitative estimate of drug-likeness (QED) is 0.326. The number of carbonyl (C=O) groups is 1. The van der Waals surface area contributed by atoms with Gasteiger partial charge in [0.25, 0.3) is 5.91 Å². The summed E-state index contributed by atoms with van der Waals surface area (Å²) >= 11 is 0. The van der Waals surface area contributed by atoms with E-state index in [9.17, 15) is 14.8 Å². The molecule has 0 fully saturated rings. The third kappa shape index (κ3) is 3.71. The fourth-order valence-electron chi connectivity index (χ4n) is 3.09. The molecule has 0 bridgehead atoms. The summed E-state index contributed by atoms with van der Waals surface area (Å²) in [6, 6.07) is 12.0. The number of hydrogen-bond donors (Lipinski definition) is 4. The van der Waals surface area contributed by atoms with Crippen LogP contribution in [-0.2, 0) is 6.54 Å². The highest BCUT2D eigenvalue weighted by Crippen LogP contribution is 2.22. The van der Waals surface area contributed by atoms with Crippen LogP contribution in [0.3, 0.4) is 0 Å². The van der Waals surface area contributed by atoms with E-state index in [0.717, 1.165) is 5.56 Å². The molecule has 150 valence electrons. The fourth-order valence-corrected chi connectivity index (χ4v) is 3.09. The molecule has 4 aromatic rings. The van der Waals surface area contributed by atoms with Gasteiger partial charge in [-0.25, -0.2) is 9.97 Å². The van der Waals surface area contributed by atoms with Crippen LogP contribution in [0.4, 0.5) is 5.82 Å². The van der Waals surface area contributed by atoms with Crippen LogP contribution in [0, 0.1) is 6.92 Å². The Morgan fingerprint density at radius 3 is 2.77 bits per heavy atom. The number of amides is 1. The molecule has 0 spiro atoms. The SMILES string of the molecule is Cc1nnc(-c2ncn3c(C(N)=O)cccc23)nc1NCc1cccc(B(O)O)c1. The minimum atomic E-state index is -1.53. The molecule has 1 amide bonds. The van der Waals surface area contributed by atoms with Gasteiger partial charge in [-0.1, -0.05) is 30.3 Å². The topological polar surface area (TPSA) is 152 Å². The molecule has 1 aromatic carbocycles. The lowest BCUT2D eigenvalue weighted by Gasteiger charge is -2.10. The van der Waals surface area contributed by atoms with E-state index in [-0.39, 0.29) is 0 Å². The first-order valence-corrected chi connectivity index (χ1v) is 9.10. The van der Waals surface area contributed by atoms with Gasteiger partial charge >= 0.3 is 7.12 Å². The lowest BCUT2D eigenvalue weighted by atomic mass is 9.80. The van der Waals surface area contributed by atoms with Crippen LogP contribution in [0.5, 0.6) is 0 Å². The summed E-state index contributed by atoms with van der Waals surface area (Å²) in [4.78, 5) is 20.5. The number of primary amides is 1. The maximum atomic E-state index is 11.6. The number of nitrogens with one attached hydrogen (secondary N) is 1. The van der Waals surface area contributed by atoms with Crippen molar-refractivity contribution in [2.45, 2.75) is 13.5 Å². The molecule has 3 aromatic heterocycles. The number of aromatic nitrogens is 5. The van der Waals surface area contributed by atoms with Crippen molar-refractivity contribution in [1.29, 1.82) is 0 Å². The minimum absolute atomic E-state index is 0.298. The Hall–Kier alpha value is -3.83. The number of fused-ring (bicyclic) bond motifs is 1. The molecule has 11 heteroatoms. The summed E-state index contributed by atoms with van der Waals surface area (Å²) in [6.45, 7) is 2.17. The molecule has 0 aliphatic heterocycles. The second-order valence-electron chi connectivity index (χ2n) is 6.67. The number of benzene rings is 1. The Morgan fingerprint density at radius 2 is 2.00 bits per heavy atom. The van der Waals surface area contributed by atoms with E-state index < -0.39 is 13.0 Å². The normalized spacial score (nSPS) is 10.9. The van der Waals surface area contributed by atoms with E-state index in [1.165, 1.54) is 6.33 Å². The van der Waals surface area contributed by atoms with E-state index >= 15 is 0 Å². The van der Waals surface area contributed by atoms with E-state index in [2.05, 4.69) is 25.5 Å². The number of anilines is 1. The van der Waals surface area contributed by atoms with Crippen molar-refractivity contribution in [2.24, 2.45) is 5.73 Å². The molecular formula is C19H18BN7O3. The number of rotatable bonds is 6. The highest BCUT2D eigenvalue weighted by atomic mass is 16.4. The molecule has 0 unspecified atom stereocenters. The van der Waals surface area contributed by atoms with Crippen LogP contribution in [0.1, 0.15) is 21.7 Å². The van der Waals surface area contributed by atoms with Crippen molar-refractivity contribution in [3.8, 4) is 11.5 Å². The highest BCUT2D eigenvalue weighted by Gasteiger charge is 2.16. The Morgan fingerprint density at radius 1 is 1.20 bits per heavy atom. The lowest BCUT2D eigenvalue weighted by Crippen LogP contribution is -2.30. The maximum Gasteiger partial charge on any atom is 0.488 e. The fraction of sp³-hybridized carbons (Fsp3) is 0.105. The molecule has 5 N–H and O–H groups in total. The number of aryl methyl sites for hydroxylation is 1. The van der Waals surface area contributed by atoms with E-state index in [4.69, 9.17) is 5.73 Å². The zero-order chi connectivity index (χ0) is 21.3. The number of imidazole rings is 1. The monoisotopic (exact) mass is 403 g/mol. The maximum absolute atomic E-state index is 11.6. The molecule has 0 aliphatic carbocycles. The second kappa shape index (κ2) is 7.89. The molecule has 0 saturated carbocycles. The molecule has 0 atom stereocenters. The predicted octanol–water partition coefficient (Wildman–Crippen LogP) is -0.114. The molecule has 30 heavy (non-hydrogen) atoms. The average molecular weight is 403 g/mol. The minimum Gasteiger partial charge on any atom is -0.423 e. The van der Waals surface area contributed by atoms with Crippen LogP contribution >= 0.6 is 0 Å². The Balaban J connectivity index is 1.64. The van der Waals surface area contributed by atoms with Crippen molar-refractivity contribution in [3.63, 3.8) is 0 Å². The molecule has 3 heterocycles. The van der Waals surface area contributed by atoms with Gasteiger partial charge in [-0.2, -0.15) is 0 Å². The third-order valence-corrected chi connectivity index (χ3v) is 4.60. The summed E-state index contributed by atoms with van der Waals surface area (Å²) < 4.78 is 1.58. The van der Waals surface area contributed by atoms with Gasteiger partial charge < -0.3 is 21.1 Å². The summed E-state index contributed by atoms with van der Waals surface area (Å²) in [7, 11) is -1.53. The molecule has 10 nitrogen and oxygen atoms in total. The number of nitrogens with zero attached hydrogens (tertiary/aromatic N) is 5. The Kier molecular flexibility index (Phi) is 5.13. The Labute approximate surface area is 171 Å². The predicted molar refractivity (Wildman–Crippen MR) is 111 cm³/mol. The number of hydrogen-bond acceptors (Lipinski definition) is 8.